The van der Waals surface area contributed by atoms with Gasteiger partial charge in [0.15, 0.2) is 11.7 Å². The van der Waals surface area contributed by atoms with Crippen LogP contribution in [0.5, 0.6) is 0 Å². The Kier molecular flexibility index (Phi) is 6.74. The van der Waals surface area contributed by atoms with Gasteiger partial charge in [-0.3, -0.25) is 9.55 Å². The number of halogens is 5. The third-order valence-electron chi connectivity index (χ3n) is 5.55. The van der Waals surface area contributed by atoms with Gasteiger partial charge in [0.1, 0.15) is 22.7 Å². The molecule has 0 aliphatic heterocycles. The smallest absolute Gasteiger partial charge is 0.291 e. The Bertz CT molecular complexity index is 1630. The van der Waals surface area contributed by atoms with Crippen molar-refractivity contribution < 1.29 is 30.4 Å². The normalized spacial score (nSPS) is 15.5. The van der Waals surface area contributed by atoms with Gasteiger partial charge in [0, 0.05) is 29.6 Å². The number of aryl methyl sites for hydroxylation is 1. The molecule has 3 aromatic rings. The highest BCUT2D eigenvalue weighted by atomic mass is 32.2. The summed E-state index contributed by atoms with van der Waals surface area (Å²) in [5, 5.41) is 10.4. The first kappa shape index (κ1) is 26.2. The first-order valence-corrected chi connectivity index (χ1v) is 12.2. The van der Waals surface area contributed by atoms with Crippen molar-refractivity contribution in [1.82, 2.24) is 19.3 Å². The van der Waals surface area contributed by atoms with E-state index >= 15 is 0 Å². The molecule has 0 saturated heterocycles. The molecule has 1 aliphatic carbocycles. The second-order valence-electron chi connectivity index (χ2n) is 8.23. The van der Waals surface area contributed by atoms with E-state index in [4.69, 9.17) is 0 Å². The predicted molar refractivity (Wildman–Crippen MR) is 126 cm³/mol. The molecule has 3 heterocycles. The molecule has 4 rings (SSSR count). The van der Waals surface area contributed by atoms with Crippen LogP contribution in [0.2, 0.25) is 0 Å². The molecule has 0 spiro atoms. The maximum absolute atomic E-state index is 14.3. The third-order valence-corrected chi connectivity index (χ3v) is 7.08. The number of aromatic nitrogens is 3. The van der Waals surface area contributed by atoms with Gasteiger partial charge < -0.3 is 0 Å². The average Bonchev–Trinajstić information content (AvgIpc) is 3.05. The van der Waals surface area contributed by atoms with Gasteiger partial charge in [0.2, 0.25) is 10.0 Å². The maximum atomic E-state index is 14.3. The van der Waals surface area contributed by atoms with Crippen LogP contribution in [0.3, 0.4) is 0 Å². The maximum Gasteiger partial charge on any atom is 0.404 e. The van der Waals surface area contributed by atoms with Gasteiger partial charge in [-0.25, -0.2) is 22.2 Å². The van der Waals surface area contributed by atoms with Gasteiger partial charge in [-0.1, -0.05) is 6.08 Å². The van der Waals surface area contributed by atoms with Crippen LogP contribution >= 0.6 is 0 Å². The molecule has 0 saturated carbocycles. The van der Waals surface area contributed by atoms with Crippen molar-refractivity contribution in [1.29, 1.82) is 5.26 Å². The van der Waals surface area contributed by atoms with E-state index in [-0.39, 0.29) is 34.7 Å². The van der Waals surface area contributed by atoms with Crippen LogP contribution in [0.4, 0.5) is 22.0 Å². The fourth-order valence-electron chi connectivity index (χ4n) is 3.72. The first-order chi connectivity index (χ1) is 17.3. The number of pyridine rings is 2. The van der Waals surface area contributed by atoms with Crippen molar-refractivity contribution in [3.63, 3.8) is 0 Å². The van der Waals surface area contributed by atoms with E-state index < -0.39 is 38.8 Å². The fourth-order valence-corrected chi connectivity index (χ4v) is 4.89. The fraction of sp³-hybridized carbons (Fsp3) is 0.208. The Morgan fingerprint density at radius 3 is 2.49 bits per heavy atom. The first-order valence-electron chi connectivity index (χ1n) is 10.7. The number of fused-ring (bicyclic) bond motifs is 1. The molecule has 1 unspecified atom stereocenters. The van der Waals surface area contributed by atoms with Gasteiger partial charge in [-0.05, 0) is 50.1 Å². The van der Waals surface area contributed by atoms with E-state index in [1.54, 1.807) is 17.7 Å². The lowest BCUT2D eigenvalue weighted by Gasteiger charge is -2.17. The van der Waals surface area contributed by atoms with Crippen molar-refractivity contribution >= 4 is 26.8 Å². The number of nitriles is 1. The monoisotopic (exact) mass is 535 g/mol. The molecule has 0 amide bonds. The Morgan fingerprint density at radius 1 is 1.14 bits per heavy atom. The Labute approximate surface area is 208 Å². The number of nitrogens with zero attached hydrogens (tertiary/aromatic N) is 4. The lowest BCUT2D eigenvalue weighted by atomic mass is 10.1. The van der Waals surface area contributed by atoms with Crippen LogP contribution in [-0.4, -0.2) is 35.2 Å². The molecule has 192 valence electrons. The molecule has 1 atom stereocenters. The van der Waals surface area contributed by atoms with Crippen molar-refractivity contribution in [2.24, 2.45) is 0 Å². The largest absolute Gasteiger partial charge is 0.404 e. The number of sulfonamides is 1. The zero-order valence-corrected chi connectivity index (χ0v) is 20.1. The molecule has 7 nitrogen and oxygen atoms in total. The van der Waals surface area contributed by atoms with Crippen LogP contribution < -0.4 is 4.72 Å². The number of rotatable bonds is 5. The van der Waals surface area contributed by atoms with Gasteiger partial charge in [-0.2, -0.15) is 23.2 Å². The van der Waals surface area contributed by atoms with Gasteiger partial charge in [-0.15, -0.1) is 0 Å². The highest BCUT2D eigenvalue weighted by molar-refractivity contribution is 7.89. The van der Waals surface area contributed by atoms with Crippen LogP contribution in [-0.2, 0) is 10.0 Å². The molecule has 1 aliphatic rings. The summed E-state index contributed by atoms with van der Waals surface area (Å²) >= 11 is 0. The van der Waals surface area contributed by atoms with Crippen LogP contribution in [0.25, 0.3) is 28.1 Å². The molecule has 13 heteroatoms. The number of alkyl halides is 3. The standard InChI is InChI=1S/C24H18F5N5O2S/c1-13-8-17-18(10-30)22(34(23(17)32-11-13)15-4-3-5-19(25)20(26)9-15)21-7-6-16(12-31-21)37(35,36)33-14(2)24(27,28)29/h4-9,11-12,14,33H,3H2,1-2H3. The molecular weight excluding hydrogens is 517 g/mol. The lowest BCUT2D eigenvalue weighted by Crippen LogP contribution is -2.42. The molecule has 1 N–H and O–H groups in total. The zero-order valence-electron chi connectivity index (χ0n) is 19.3. The number of nitrogens with one attached hydrogen (secondary N) is 1. The minimum Gasteiger partial charge on any atom is -0.291 e. The molecule has 0 bridgehead atoms. The van der Waals surface area contributed by atoms with Crippen molar-refractivity contribution in [3.8, 4) is 17.5 Å². The summed E-state index contributed by atoms with van der Waals surface area (Å²) in [5.41, 5.74) is 1.38. The molecule has 37 heavy (non-hydrogen) atoms. The van der Waals surface area contributed by atoms with E-state index in [1.165, 1.54) is 22.9 Å². The van der Waals surface area contributed by atoms with Crippen LogP contribution in [0.1, 0.15) is 24.5 Å². The molecule has 3 aromatic heterocycles. The second-order valence-corrected chi connectivity index (χ2v) is 9.94. The Hall–Kier alpha value is -3.89. The van der Waals surface area contributed by atoms with E-state index in [1.807, 2.05) is 0 Å². The number of hydrogen-bond donors (Lipinski definition) is 1. The summed E-state index contributed by atoms with van der Waals surface area (Å²) in [6, 6.07) is 3.65. The molecule has 0 aromatic carbocycles. The SMILES string of the molecule is Cc1cnc2c(c1)c(C#N)c(-c1ccc(S(=O)(=O)NC(C)C(F)(F)F)cn1)n2C1=CCC=C(F)C(F)=C1. The summed E-state index contributed by atoms with van der Waals surface area (Å²) in [6.45, 7) is 2.41. The van der Waals surface area contributed by atoms with Crippen LogP contribution in [0, 0.1) is 18.3 Å². The van der Waals surface area contributed by atoms with E-state index in [2.05, 4.69) is 16.0 Å². The number of allylic oxidation sites excluding steroid dienone is 6. The molecule has 0 radical (unpaired) electrons. The van der Waals surface area contributed by atoms with E-state index in [0.717, 1.165) is 30.0 Å². The molecular formula is C24H18F5N5O2S. The minimum absolute atomic E-state index is 0.0334. The van der Waals surface area contributed by atoms with E-state index in [0.29, 0.717) is 12.3 Å². The quantitative estimate of drug-likeness (QED) is 0.438. The summed E-state index contributed by atoms with van der Waals surface area (Å²) in [5.74, 6) is -2.19. The predicted octanol–water partition coefficient (Wildman–Crippen LogP) is 5.46. The summed E-state index contributed by atoms with van der Waals surface area (Å²) < 4.78 is 94.6. The van der Waals surface area contributed by atoms with Crippen LogP contribution in [0.15, 0.2) is 65.4 Å². The highest BCUT2D eigenvalue weighted by Crippen LogP contribution is 2.37. The summed E-state index contributed by atoms with van der Waals surface area (Å²) in [4.78, 5) is 7.93. The van der Waals surface area contributed by atoms with Crippen molar-refractivity contribution in [2.45, 2.75) is 37.4 Å². The topological polar surface area (TPSA) is 101 Å². The zero-order chi connectivity index (χ0) is 27.1. The van der Waals surface area contributed by atoms with Gasteiger partial charge in [0.05, 0.1) is 17.0 Å². The van der Waals surface area contributed by atoms with Gasteiger partial charge >= 0.3 is 6.18 Å². The highest BCUT2D eigenvalue weighted by Gasteiger charge is 2.39. The summed E-state index contributed by atoms with van der Waals surface area (Å²) in [7, 11) is -4.57. The van der Waals surface area contributed by atoms with Crippen molar-refractivity contribution in [2.75, 3.05) is 0 Å². The van der Waals surface area contributed by atoms with Crippen molar-refractivity contribution in [3.05, 3.63) is 71.6 Å². The lowest BCUT2D eigenvalue weighted by molar-refractivity contribution is -0.147. The second kappa shape index (κ2) is 9.53. The third kappa shape index (κ3) is 5.03. The summed E-state index contributed by atoms with van der Waals surface area (Å²) in [6.07, 6.45) is 1.10. The Balaban J connectivity index is 1.89. The number of hydrogen-bond acceptors (Lipinski definition) is 5. The molecule has 0 fully saturated rings. The average molecular weight is 535 g/mol. The van der Waals surface area contributed by atoms with Gasteiger partial charge in [0.25, 0.3) is 0 Å². The van der Waals surface area contributed by atoms with E-state index in [9.17, 15) is 35.6 Å². The Morgan fingerprint density at radius 2 is 1.86 bits per heavy atom. The minimum atomic E-state index is -4.79.